The summed E-state index contributed by atoms with van der Waals surface area (Å²) in [4.78, 5) is 32.7. The summed E-state index contributed by atoms with van der Waals surface area (Å²) < 4.78 is 11.0. The minimum Gasteiger partial charge on any atom is -0.497 e. The molecule has 1 aliphatic carbocycles. The molecule has 7 heteroatoms. The van der Waals surface area contributed by atoms with Crippen LogP contribution in [-0.4, -0.2) is 34.8 Å². The first-order chi connectivity index (χ1) is 18.1. The SMILES string of the molecule is COc1ccc(C(C(=O)NC2CCCCC2)N(Cc2ccco2)C(=O)Cc2c[nH]c3ccccc23)cc1. The molecule has 1 saturated carbocycles. The number of rotatable bonds is 9. The molecule has 1 atom stereocenters. The number of fused-ring (bicyclic) bond motifs is 1. The second-order valence-electron chi connectivity index (χ2n) is 9.66. The van der Waals surface area contributed by atoms with E-state index in [0.29, 0.717) is 11.5 Å². The zero-order valence-electron chi connectivity index (χ0n) is 21.1. The van der Waals surface area contributed by atoms with Gasteiger partial charge in [0.2, 0.25) is 11.8 Å². The number of ether oxygens (including phenoxy) is 1. The van der Waals surface area contributed by atoms with E-state index in [0.717, 1.165) is 47.7 Å². The van der Waals surface area contributed by atoms with Crippen LogP contribution in [0.4, 0.5) is 0 Å². The maximum Gasteiger partial charge on any atom is 0.247 e. The first-order valence-corrected chi connectivity index (χ1v) is 12.9. The van der Waals surface area contributed by atoms with Gasteiger partial charge in [-0.3, -0.25) is 9.59 Å². The van der Waals surface area contributed by atoms with Crippen molar-refractivity contribution in [1.82, 2.24) is 15.2 Å². The van der Waals surface area contributed by atoms with Gasteiger partial charge in [-0.05, 0) is 54.3 Å². The fourth-order valence-electron chi connectivity index (χ4n) is 5.22. The van der Waals surface area contributed by atoms with Crippen LogP contribution in [-0.2, 0) is 22.6 Å². The minimum atomic E-state index is -0.810. The Labute approximate surface area is 216 Å². The second-order valence-corrected chi connectivity index (χ2v) is 9.66. The number of hydrogen-bond donors (Lipinski definition) is 2. The Morgan fingerprint density at radius 3 is 2.57 bits per heavy atom. The molecule has 7 nitrogen and oxygen atoms in total. The Kier molecular flexibility index (Phi) is 7.59. The van der Waals surface area contributed by atoms with Gasteiger partial charge in [0.1, 0.15) is 17.6 Å². The Balaban J connectivity index is 1.49. The lowest BCUT2D eigenvalue weighted by Crippen LogP contribution is -2.47. The highest BCUT2D eigenvalue weighted by Crippen LogP contribution is 2.29. The summed E-state index contributed by atoms with van der Waals surface area (Å²) in [5.41, 5.74) is 2.60. The van der Waals surface area contributed by atoms with E-state index < -0.39 is 6.04 Å². The fraction of sp³-hybridized carbons (Fsp3) is 0.333. The minimum absolute atomic E-state index is 0.121. The molecule has 0 radical (unpaired) electrons. The molecule has 2 N–H and O–H groups in total. The van der Waals surface area contributed by atoms with Crippen LogP contribution in [0.15, 0.2) is 77.5 Å². The lowest BCUT2D eigenvalue weighted by molar-refractivity contribution is -0.141. The number of nitrogens with zero attached hydrogens (tertiary/aromatic N) is 1. The van der Waals surface area contributed by atoms with Crippen LogP contribution in [0.25, 0.3) is 10.9 Å². The van der Waals surface area contributed by atoms with Gasteiger partial charge in [0.25, 0.3) is 0 Å². The van der Waals surface area contributed by atoms with Gasteiger partial charge in [0.05, 0.1) is 26.3 Å². The molecule has 2 amide bonds. The van der Waals surface area contributed by atoms with Crippen molar-refractivity contribution in [2.75, 3.05) is 7.11 Å². The predicted octanol–water partition coefficient (Wildman–Crippen LogP) is 5.53. The molecule has 2 aromatic carbocycles. The van der Waals surface area contributed by atoms with Gasteiger partial charge in [0.15, 0.2) is 0 Å². The summed E-state index contributed by atoms with van der Waals surface area (Å²) in [7, 11) is 1.61. The van der Waals surface area contributed by atoms with E-state index in [-0.39, 0.29) is 30.8 Å². The maximum absolute atomic E-state index is 14.0. The average molecular weight is 500 g/mol. The molecule has 0 spiro atoms. The molecular weight excluding hydrogens is 466 g/mol. The van der Waals surface area contributed by atoms with Crippen molar-refractivity contribution in [2.24, 2.45) is 0 Å². The number of aromatic nitrogens is 1. The van der Waals surface area contributed by atoms with E-state index in [2.05, 4.69) is 10.3 Å². The molecule has 4 aromatic rings. The Bertz CT molecular complexity index is 1320. The molecule has 5 rings (SSSR count). The number of methoxy groups -OCH3 is 1. The van der Waals surface area contributed by atoms with Gasteiger partial charge in [-0.1, -0.05) is 49.6 Å². The molecule has 2 aromatic heterocycles. The topological polar surface area (TPSA) is 87.6 Å². The third-order valence-corrected chi connectivity index (χ3v) is 7.19. The fourth-order valence-corrected chi connectivity index (χ4v) is 5.22. The number of hydrogen-bond acceptors (Lipinski definition) is 4. The normalized spacial score (nSPS) is 14.8. The molecular formula is C30H33N3O4. The number of nitrogens with one attached hydrogen (secondary N) is 2. The summed E-state index contributed by atoms with van der Waals surface area (Å²) in [6.07, 6.45) is 8.95. The average Bonchev–Trinajstić information content (AvgIpc) is 3.59. The smallest absolute Gasteiger partial charge is 0.247 e. The molecule has 1 aliphatic rings. The van der Waals surface area contributed by atoms with E-state index in [1.807, 2.05) is 60.8 Å². The summed E-state index contributed by atoms with van der Waals surface area (Å²) in [5.74, 6) is 0.991. The zero-order chi connectivity index (χ0) is 25.6. The number of benzene rings is 2. The maximum atomic E-state index is 14.0. The molecule has 37 heavy (non-hydrogen) atoms. The number of carbonyl (C=O) groups excluding carboxylic acids is 2. The number of aromatic amines is 1. The van der Waals surface area contributed by atoms with Gasteiger partial charge in [-0.25, -0.2) is 0 Å². The standard InChI is InChI=1S/C30H33N3O4/c1-36-24-15-13-21(14-16-24)29(30(35)32-23-8-3-2-4-9-23)33(20-25-10-7-17-37-25)28(34)18-22-19-31-27-12-6-5-11-26(22)27/h5-7,10-17,19,23,29,31H,2-4,8-9,18,20H2,1H3,(H,32,35). The highest BCUT2D eigenvalue weighted by Gasteiger charge is 2.34. The summed E-state index contributed by atoms with van der Waals surface area (Å²) in [6.45, 7) is 0.184. The van der Waals surface area contributed by atoms with Crippen LogP contribution in [0.5, 0.6) is 5.75 Å². The quantitative estimate of drug-likeness (QED) is 0.317. The first kappa shape index (κ1) is 24.7. The first-order valence-electron chi connectivity index (χ1n) is 12.9. The predicted molar refractivity (Wildman–Crippen MR) is 142 cm³/mol. The van der Waals surface area contributed by atoms with Crippen LogP contribution < -0.4 is 10.1 Å². The zero-order valence-corrected chi connectivity index (χ0v) is 21.1. The molecule has 0 saturated heterocycles. The van der Waals surface area contributed by atoms with E-state index in [4.69, 9.17) is 9.15 Å². The molecule has 1 unspecified atom stereocenters. The van der Waals surface area contributed by atoms with Crippen molar-refractivity contribution >= 4 is 22.7 Å². The van der Waals surface area contributed by atoms with Crippen LogP contribution in [0.2, 0.25) is 0 Å². The third-order valence-electron chi connectivity index (χ3n) is 7.19. The Hall–Kier alpha value is -4.00. The third kappa shape index (κ3) is 5.71. The molecule has 2 heterocycles. The summed E-state index contributed by atoms with van der Waals surface area (Å²) >= 11 is 0. The molecule has 1 fully saturated rings. The molecule has 0 bridgehead atoms. The van der Waals surface area contributed by atoms with Gasteiger partial charge in [-0.15, -0.1) is 0 Å². The monoisotopic (exact) mass is 499 g/mol. The van der Waals surface area contributed by atoms with Gasteiger partial charge >= 0.3 is 0 Å². The lowest BCUT2D eigenvalue weighted by Gasteiger charge is -2.33. The van der Waals surface area contributed by atoms with Crippen molar-refractivity contribution in [3.8, 4) is 5.75 Å². The number of furan rings is 1. The van der Waals surface area contributed by atoms with Gasteiger partial charge in [0, 0.05) is 23.1 Å². The number of H-pyrrole nitrogens is 1. The van der Waals surface area contributed by atoms with E-state index in [1.165, 1.54) is 6.42 Å². The number of para-hydroxylation sites is 1. The number of amides is 2. The van der Waals surface area contributed by atoms with Crippen molar-refractivity contribution in [2.45, 2.75) is 57.2 Å². The van der Waals surface area contributed by atoms with Crippen LogP contribution in [0.3, 0.4) is 0 Å². The van der Waals surface area contributed by atoms with Crippen molar-refractivity contribution < 1.29 is 18.7 Å². The van der Waals surface area contributed by atoms with Crippen LogP contribution >= 0.6 is 0 Å². The van der Waals surface area contributed by atoms with Gasteiger partial charge in [-0.2, -0.15) is 0 Å². The van der Waals surface area contributed by atoms with Crippen LogP contribution in [0, 0.1) is 0 Å². The second kappa shape index (κ2) is 11.4. The number of carbonyl (C=O) groups is 2. The lowest BCUT2D eigenvalue weighted by atomic mass is 9.94. The summed E-state index contributed by atoms with van der Waals surface area (Å²) in [5, 5.41) is 4.25. The summed E-state index contributed by atoms with van der Waals surface area (Å²) in [6, 6.07) is 18.2. The highest BCUT2D eigenvalue weighted by atomic mass is 16.5. The van der Waals surface area contributed by atoms with E-state index >= 15 is 0 Å². The Morgan fingerprint density at radius 1 is 1.05 bits per heavy atom. The largest absolute Gasteiger partial charge is 0.497 e. The van der Waals surface area contributed by atoms with Crippen molar-refractivity contribution in [3.63, 3.8) is 0 Å². The van der Waals surface area contributed by atoms with Crippen molar-refractivity contribution in [1.29, 1.82) is 0 Å². The van der Waals surface area contributed by atoms with E-state index in [9.17, 15) is 9.59 Å². The Morgan fingerprint density at radius 2 is 1.84 bits per heavy atom. The van der Waals surface area contributed by atoms with E-state index in [1.54, 1.807) is 24.3 Å². The van der Waals surface area contributed by atoms with Gasteiger partial charge < -0.3 is 24.4 Å². The molecule has 0 aliphatic heterocycles. The van der Waals surface area contributed by atoms with Crippen molar-refractivity contribution in [3.05, 3.63) is 90.0 Å². The highest BCUT2D eigenvalue weighted by molar-refractivity contribution is 5.92. The van der Waals surface area contributed by atoms with Crippen LogP contribution in [0.1, 0.15) is 55.0 Å². The molecule has 192 valence electrons.